The van der Waals surface area contributed by atoms with Crippen LogP contribution in [0, 0.1) is 0 Å². The third-order valence-electron chi connectivity index (χ3n) is 2.42. The van der Waals surface area contributed by atoms with Crippen LogP contribution in [0.3, 0.4) is 0 Å². The Morgan fingerprint density at radius 2 is 2.17 bits per heavy atom. The Morgan fingerprint density at radius 3 is 2.67 bits per heavy atom. The molecule has 0 bridgehead atoms. The molecule has 18 heavy (non-hydrogen) atoms. The number of nitrogens with one attached hydrogen (secondary N) is 2. The summed E-state index contributed by atoms with van der Waals surface area (Å²) >= 11 is 3.15. The molecule has 0 aliphatic carbocycles. The van der Waals surface area contributed by atoms with E-state index in [1.165, 1.54) is 0 Å². The van der Waals surface area contributed by atoms with Crippen molar-refractivity contribution in [3.8, 4) is 0 Å². The number of carbonyl (C=O) groups excluding carboxylic acids is 1. The molecule has 0 saturated heterocycles. The number of anilines is 1. The SMILES string of the molecule is CC(C)(C)c1cc(NC(=O)c2ccc(Br)o2)n[nH]1. The van der Waals surface area contributed by atoms with Crippen LogP contribution < -0.4 is 5.32 Å². The molecule has 1 amide bonds. The van der Waals surface area contributed by atoms with Crippen molar-refractivity contribution in [2.45, 2.75) is 26.2 Å². The fourth-order valence-electron chi connectivity index (χ4n) is 1.38. The minimum atomic E-state index is -0.326. The van der Waals surface area contributed by atoms with Gasteiger partial charge in [0.1, 0.15) is 0 Å². The second-order valence-electron chi connectivity index (χ2n) is 4.97. The Hall–Kier alpha value is -1.56. The number of H-pyrrole nitrogens is 1. The first-order valence-electron chi connectivity index (χ1n) is 5.49. The minimum Gasteiger partial charge on any atom is -0.444 e. The molecule has 0 unspecified atom stereocenters. The fraction of sp³-hybridized carbons (Fsp3) is 0.333. The maximum absolute atomic E-state index is 11.8. The smallest absolute Gasteiger partial charge is 0.292 e. The number of nitrogens with zero attached hydrogens (tertiary/aromatic N) is 1. The first-order chi connectivity index (χ1) is 8.36. The van der Waals surface area contributed by atoms with Crippen molar-refractivity contribution in [3.63, 3.8) is 0 Å². The zero-order chi connectivity index (χ0) is 13.3. The number of halogens is 1. The molecule has 5 nitrogen and oxygen atoms in total. The van der Waals surface area contributed by atoms with Crippen LogP contribution >= 0.6 is 15.9 Å². The van der Waals surface area contributed by atoms with E-state index in [1.54, 1.807) is 12.1 Å². The number of carbonyl (C=O) groups is 1. The number of aromatic amines is 1. The van der Waals surface area contributed by atoms with Gasteiger partial charge in [0.2, 0.25) is 0 Å². The first-order valence-corrected chi connectivity index (χ1v) is 6.28. The fourth-order valence-corrected chi connectivity index (χ4v) is 1.69. The van der Waals surface area contributed by atoms with Crippen LogP contribution in [0.5, 0.6) is 0 Å². The molecule has 6 heteroatoms. The van der Waals surface area contributed by atoms with Crippen LogP contribution in [-0.4, -0.2) is 16.1 Å². The van der Waals surface area contributed by atoms with Crippen LogP contribution in [-0.2, 0) is 5.41 Å². The Labute approximate surface area is 113 Å². The summed E-state index contributed by atoms with van der Waals surface area (Å²) in [5.41, 5.74) is 0.919. The van der Waals surface area contributed by atoms with Crippen molar-refractivity contribution in [2.75, 3.05) is 5.32 Å². The van der Waals surface area contributed by atoms with Gasteiger partial charge < -0.3 is 9.73 Å². The molecule has 0 aliphatic rings. The molecule has 96 valence electrons. The maximum Gasteiger partial charge on any atom is 0.292 e. The molecule has 0 fully saturated rings. The maximum atomic E-state index is 11.8. The zero-order valence-electron chi connectivity index (χ0n) is 10.4. The summed E-state index contributed by atoms with van der Waals surface area (Å²) in [6.07, 6.45) is 0. The van der Waals surface area contributed by atoms with Gasteiger partial charge in [-0.25, -0.2) is 0 Å². The van der Waals surface area contributed by atoms with Gasteiger partial charge in [-0.2, -0.15) is 5.10 Å². The molecule has 2 N–H and O–H groups in total. The predicted octanol–water partition coefficient (Wildman–Crippen LogP) is 3.32. The second kappa shape index (κ2) is 4.61. The summed E-state index contributed by atoms with van der Waals surface area (Å²) in [6.45, 7) is 6.20. The summed E-state index contributed by atoms with van der Waals surface area (Å²) in [7, 11) is 0. The predicted molar refractivity (Wildman–Crippen MR) is 71.6 cm³/mol. The van der Waals surface area contributed by atoms with Crippen LogP contribution in [0.15, 0.2) is 27.3 Å². The number of hydrogen-bond acceptors (Lipinski definition) is 3. The van der Waals surface area contributed by atoms with Crippen molar-refractivity contribution in [2.24, 2.45) is 0 Å². The van der Waals surface area contributed by atoms with E-state index in [0.717, 1.165) is 5.69 Å². The Bertz CT molecular complexity index is 566. The second-order valence-corrected chi connectivity index (χ2v) is 5.76. The average molecular weight is 312 g/mol. The van der Waals surface area contributed by atoms with Gasteiger partial charge in [0.25, 0.3) is 5.91 Å². The highest BCUT2D eigenvalue weighted by Crippen LogP contribution is 2.22. The lowest BCUT2D eigenvalue weighted by molar-refractivity contribution is 0.0995. The molecule has 0 spiro atoms. The monoisotopic (exact) mass is 311 g/mol. The van der Waals surface area contributed by atoms with Gasteiger partial charge in [-0.3, -0.25) is 9.89 Å². The van der Waals surface area contributed by atoms with Crippen molar-refractivity contribution in [1.29, 1.82) is 0 Å². The van der Waals surface area contributed by atoms with Gasteiger partial charge in [0.05, 0.1) is 0 Å². The lowest BCUT2D eigenvalue weighted by Gasteiger charge is -2.14. The van der Waals surface area contributed by atoms with Gasteiger partial charge in [-0.15, -0.1) is 0 Å². The van der Waals surface area contributed by atoms with E-state index in [4.69, 9.17) is 4.42 Å². The zero-order valence-corrected chi connectivity index (χ0v) is 12.0. The van der Waals surface area contributed by atoms with Crippen molar-refractivity contribution in [1.82, 2.24) is 10.2 Å². The van der Waals surface area contributed by atoms with E-state index in [1.807, 2.05) is 6.07 Å². The lowest BCUT2D eigenvalue weighted by atomic mass is 9.92. The van der Waals surface area contributed by atoms with E-state index < -0.39 is 0 Å². The third-order valence-corrected chi connectivity index (χ3v) is 2.85. The summed E-state index contributed by atoms with van der Waals surface area (Å²) in [6, 6.07) is 5.08. The number of hydrogen-bond donors (Lipinski definition) is 2. The lowest BCUT2D eigenvalue weighted by Crippen LogP contribution is -2.12. The van der Waals surface area contributed by atoms with Gasteiger partial charge >= 0.3 is 0 Å². The van der Waals surface area contributed by atoms with Gasteiger partial charge in [0, 0.05) is 17.2 Å². The van der Waals surface area contributed by atoms with Crippen molar-refractivity contribution >= 4 is 27.7 Å². The van der Waals surface area contributed by atoms with E-state index in [-0.39, 0.29) is 17.1 Å². The average Bonchev–Trinajstić information content (AvgIpc) is 2.85. The van der Waals surface area contributed by atoms with Crippen molar-refractivity contribution in [3.05, 3.63) is 34.3 Å². The molecule has 0 aliphatic heterocycles. The Balaban J connectivity index is 2.10. The molecule has 2 aromatic heterocycles. The topological polar surface area (TPSA) is 70.9 Å². The van der Waals surface area contributed by atoms with Crippen LogP contribution in [0.25, 0.3) is 0 Å². The van der Waals surface area contributed by atoms with E-state index in [9.17, 15) is 4.79 Å². The van der Waals surface area contributed by atoms with Crippen LogP contribution in [0.1, 0.15) is 37.0 Å². The summed E-state index contributed by atoms with van der Waals surface area (Å²) < 4.78 is 5.68. The summed E-state index contributed by atoms with van der Waals surface area (Å²) in [5, 5.41) is 9.62. The quantitative estimate of drug-likeness (QED) is 0.893. The van der Waals surface area contributed by atoms with Crippen molar-refractivity contribution < 1.29 is 9.21 Å². The molecule has 2 heterocycles. The molecule has 2 aromatic rings. The Kier molecular flexibility index (Phi) is 3.30. The number of furan rings is 1. The molecule has 0 radical (unpaired) electrons. The minimum absolute atomic E-state index is 0.0380. The van der Waals surface area contributed by atoms with E-state index in [2.05, 4.69) is 52.2 Å². The molecular formula is C12H14BrN3O2. The van der Waals surface area contributed by atoms with Gasteiger partial charge in [-0.1, -0.05) is 20.8 Å². The van der Waals surface area contributed by atoms with E-state index >= 15 is 0 Å². The number of amides is 1. The Morgan fingerprint density at radius 1 is 1.44 bits per heavy atom. The summed E-state index contributed by atoms with van der Waals surface area (Å²) in [4.78, 5) is 11.8. The largest absolute Gasteiger partial charge is 0.444 e. The highest BCUT2D eigenvalue weighted by molar-refractivity contribution is 9.10. The highest BCUT2D eigenvalue weighted by Gasteiger charge is 2.18. The number of rotatable bonds is 2. The molecular weight excluding hydrogens is 298 g/mol. The third kappa shape index (κ3) is 2.81. The molecule has 0 atom stereocenters. The van der Waals surface area contributed by atoms with E-state index in [0.29, 0.717) is 10.5 Å². The number of aromatic nitrogens is 2. The van der Waals surface area contributed by atoms with Gasteiger partial charge in [-0.05, 0) is 28.1 Å². The van der Waals surface area contributed by atoms with Crippen LogP contribution in [0.2, 0.25) is 0 Å². The normalized spacial score (nSPS) is 11.6. The van der Waals surface area contributed by atoms with Gasteiger partial charge in [0.15, 0.2) is 16.2 Å². The summed E-state index contributed by atoms with van der Waals surface area (Å²) in [5.74, 6) is 0.396. The molecule has 2 rings (SSSR count). The highest BCUT2D eigenvalue weighted by atomic mass is 79.9. The molecule has 0 saturated carbocycles. The first kappa shape index (κ1) is 12.9. The van der Waals surface area contributed by atoms with Crippen LogP contribution in [0.4, 0.5) is 5.82 Å². The standard InChI is InChI=1S/C12H14BrN3O2/c1-12(2,3)8-6-10(16-15-8)14-11(17)7-4-5-9(13)18-7/h4-6H,1-3H3,(H2,14,15,16,17). The molecule has 0 aromatic carbocycles.